The zero-order chi connectivity index (χ0) is 18.8. The lowest BCUT2D eigenvalue weighted by atomic mass is 9.93. The van der Waals surface area contributed by atoms with Crippen molar-refractivity contribution >= 4 is 18.3 Å². The van der Waals surface area contributed by atoms with Gasteiger partial charge in [0.25, 0.3) is 0 Å². The van der Waals surface area contributed by atoms with Gasteiger partial charge in [-0.05, 0) is 56.8 Å². The van der Waals surface area contributed by atoms with Gasteiger partial charge < -0.3 is 20.1 Å². The van der Waals surface area contributed by atoms with E-state index in [0.717, 1.165) is 38.8 Å². The zero-order valence-corrected chi connectivity index (χ0v) is 16.5. The maximum Gasteiger partial charge on any atom is 0.387 e. The molecule has 0 atom stereocenters. The lowest BCUT2D eigenvalue weighted by Crippen LogP contribution is -2.29. The van der Waals surface area contributed by atoms with Crippen molar-refractivity contribution < 1.29 is 23.0 Å². The zero-order valence-electron chi connectivity index (χ0n) is 15.6. The first-order chi connectivity index (χ1) is 12.6. The van der Waals surface area contributed by atoms with Gasteiger partial charge in [0.05, 0.1) is 6.61 Å². The lowest BCUT2D eigenvalue weighted by molar-refractivity contribution is -0.121. The summed E-state index contributed by atoms with van der Waals surface area (Å²) in [5.41, 5.74) is 0.504. The van der Waals surface area contributed by atoms with Crippen LogP contribution in [0.15, 0.2) is 18.2 Å². The van der Waals surface area contributed by atoms with Crippen molar-refractivity contribution in [2.75, 3.05) is 19.7 Å². The number of ether oxygens (including phenoxy) is 2. The Kier molecular flexibility index (Phi) is 11.0. The molecule has 0 spiro atoms. The first-order valence-electron chi connectivity index (χ1n) is 9.26. The molecule has 154 valence electrons. The van der Waals surface area contributed by atoms with Crippen LogP contribution in [-0.2, 0) is 11.3 Å². The molecular weight excluding hydrogens is 378 g/mol. The van der Waals surface area contributed by atoms with Crippen LogP contribution in [0.1, 0.15) is 44.6 Å². The van der Waals surface area contributed by atoms with Crippen LogP contribution in [0.4, 0.5) is 8.78 Å². The van der Waals surface area contributed by atoms with E-state index in [9.17, 15) is 13.6 Å². The number of halogens is 3. The van der Waals surface area contributed by atoms with E-state index >= 15 is 0 Å². The first kappa shape index (κ1) is 23.4. The summed E-state index contributed by atoms with van der Waals surface area (Å²) in [4.78, 5) is 12.1. The summed E-state index contributed by atoms with van der Waals surface area (Å²) in [6.45, 7) is 1.71. The monoisotopic (exact) mass is 406 g/mol. The molecule has 2 rings (SSSR count). The summed E-state index contributed by atoms with van der Waals surface area (Å²) in [5.74, 6) is 1.02. The molecule has 5 nitrogen and oxygen atoms in total. The molecule has 0 bridgehead atoms. The number of hydrogen-bond donors (Lipinski definition) is 2. The Hall–Kier alpha value is -1.60. The standard InChI is InChI=1S/C19H28F2N2O3.ClH/c1-2-11-25-16-5-4-15(17(12-16)26-19(20)21)13-23-18(24)6-3-14-7-9-22-10-8-14;/h4-5,12,14,19,22H,2-3,6-11,13H2,1H3,(H,23,24);1H. The average Bonchev–Trinajstić information content (AvgIpc) is 2.64. The van der Waals surface area contributed by atoms with E-state index in [4.69, 9.17) is 4.74 Å². The minimum atomic E-state index is -2.93. The third-order valence-electron chi connectivity index (χ3n) is 4.44. The summed E-state index contributed by atoms with van der Waals surface area (Å²) in [7, 11) is 0. The SMILES string of the molecule is CCCOc1ccc(CNC(=O)CCC2CCNCC2)c(OC(F)F)c1.Cl. The molecule has 1 heterocycles. The highest BCUT2D eigenvalue weighted by Crippen LogP contribution is 2.27. The molecule has 27 heavy (non-hydrogen) atoms. The number of carbonyl (C=O) groups is 1. The van der Waals surface area contributed by atoms with Crippen LogP contribution >= 0.6 is 12.4 Å². The topological polar surface area (TPSA) is 59.6 Å². The molecule has 1 fully saturated rings. The number of alkyl halides is 2. The number of nitrogens with one attached hydrogen (secondary N) is 2. The number of benzene rings is 1. The van der Waals surface area contributed by atoms with Crippen LogP contribution in [0.2, 0.25) is 0 Å². The molecule has 0 unspecified atom stereocenters. The van der Waals surface area contributed by atoms with Crippen LogP contribution < -0.4 is 20.1 Å². The molecular formula is C19H29ClF2N2O3. The first-order valence-corrected chi connectivity index (χ1v) is 9.26. The molecule has 0 aromatic heterocycles. The second-order valence-corrected chi connectivity index (χ2v) is 6.51. The molecule has 1 amide bonds. The Morgan fingerprint density at radius 1 is 1.33 bits per heavy atom. The van der Waals surface area contributed by atoms with E-state index in [-0.39, 0.29) is 30.6 Å². The largest absolute Gasteiger partial charge is 0.493 e. The van der Waals surface area contributed by atoms with Gasteiger partial charge >= 0.3 is 6.61 Å². The van der Waals surface area contributed by atoms with E-state index in [2.05, 4.69) is 15.4 Å². The Labute approximate surface area is 165 Å². The average molecular weight is 407 g/mol. The van der Waals surface area contributed by atoms with Crippen molar-refractivity contribution in [1.82, 2.24) is 10.6 Å². The van der Waals surface area contributed by atoms with E-state index < -0.39 is 6.61 Å². The van der Waals surface area contributed by atoms with Crippen molar-refractivity contribution in [1.29, 1.82) is 0 Å². The van der Waals surface area contributed by atoms with E-state index in [0.29, 0.717) is 30.3 Å². The molecule has 1 aromatic carbocycles. The maximum absolute atomic E-state index is 12.7. The van der Waals surface area contributed by atoms with Gasteiger partial charge in [-0.15, -0.1) is 12.4 Å². The summed E-state index contributed by atoms with van der Waals surface area (Å²) >= 11 is 0. The molecule has 1 aromatic rings. The minimum Gasteiger partial charge on any atom is -0.493 e. The van der Waals surface area contributed by atoms with Crippen LogP contribution in [0.25, 0.3) is 0 Å². The number of piperidine rings is 1. The number of hydrogen-bond acceptors (Lipinski definition) is 4. The minimum absolute atomic E-state index is 0. The Bertz CT molecular complexity index is 570. The highest BCUT2D eigenvalue weighted by atomic mass is 35.5. The normalized spacial score (nSPS) is 14.5. The van der Waals surface area contributed by atoms with Gasteiger partial charge in [-0.1, -0.05) is 6.92 Å². The molecule has 0 radical (unpaired) electrons. The number of rotatable bonds is 10. The second kappa shape index (κ2) is 12.7. The van der Waals surface area contributed by atoms with Crippen LogP contribution in [0.3, 0.4) is 0 Å². The van der Waals surface area contributed by atoms with Gasteiger partial charge in [0.1, 0.15) is 11.5 Å². The quantitative estimate of drug-likeness (QED) is 0.618. The maximum atomic E-state index is 12.7. The molecule has 1 saturated heterocycles. The fourth-order valence-corrected chi connectivity index (χ4v) is 2.98. The van der Waals surface area contributed by atoms with Crippen molar-refractivity contribution in [2.45, 2.75) is 52.2 Å². The molecule has 1 aliphatic heterocycles. The van der Waals surface area contributed by atoms with Gasteiger partial charge in [-0.3, -0.25) is 4.79 Å². The summed E-state index contributed by atoms with van der Waals surface area (Å²) < 4.78 is 35.3. The predicted molar refractivity (Wildman–Crippen MR) is 103 cm³/mol. The van der Waals surface area contributed by atoms with Gasteiger partial charge in [-0.25, -0.2) is 0 Å². The Morgan fingerprint density at radius 3 is 2.74 bits per heavy atom. The highest BCUT2D eigenvalue weighted by molar-refractivity contribution is 5.85. The van der Waals surface area contributed by atoms with Crippen molar-refractivity contribution in [3.63, 3.8) is 0 Å². The van der Waals surface area contributed by atoms with Gasteiger partial charge in [0.15, 0.2) is 0 Å². The van der Waals surface area contributed by atoms with Crippen LogP contribution in [-0.4, -0.2) is 32.2 Å². The fourth-order valence-electron chi connectivity index (χ4n) is 2.98. The van der Waals surface area contributed by atoms with Gasteiger partial charge in [0, 0.05) is 24.6 Å². The van der Waals surface area contributed by atoms with Crippen molar-refractivity contribution in [3.8, 4) is 11.5 Å². The molecule has 8 heteroatoms. The second-order valence-electron chi connectivity index (χ2n) is 6.51. The fraction of sp³-hybridized carbons (Fsp3) is 0.632. The predicted octanol–water partition coefficient (Wildman–Crippen LogP) is 3.89. The summed E-state index contributed by atoms with van der Waals surface area (Å²) in [6, 6.07) is 4.79. The number of amides is 1. The van der Waals surface area contributed by atoms with Crippen molar-refractivity contribution in [3.05, 3.63) is 23.8 Å². The summed E-state index contributed by atoms with van der Waals surface area (Å²) in [6.07, 6.45) is 4.32. The van der Waals surface area contributed by atoms with E-state index in [1.807, 2.05) is 6.92 Å². The van der Waals surface area contributed by atoms with Gasteiger partial charge in [0.2, 0.25) is 5.91 Å². The molecule has 2 N–H and O–H groups in total. The molecule has 0 aliphatic carbocycles. The Balaban J connectivity index is 0.00000364. The molecule has 1 aliphatic rings. The lowest BCUT2D eigenvalue weighted by Gasteiger charge is -2.22. The third kappa shape index (κ3) is 8.75. The summed E-state index contributed by atoms with van der Waals surface area (Å²) in [5, 5.41) is 6.10. The van der Waals surface area contributed by atoms with Crippen LogP contribution in [0.5, 0.6) is 11.5 Å². The van der Waals surface area contributed by atoms with E-state index in [1.165, 1.54) is 6.07 Å². The van der Waals surface area contributed by atoms with E-state index in [1.54, 1.807) is 12.1 Å². The smallest absolute Gasteiger partial charge is 0.387 e. The number of carbonyl (C=O) groups excluding carboxylic acids is 1. The van der Waals surface area contributed by atoms with Crippen LogP contribution in [0, 0.1) is 5.92 Å². The molecule has 0 saturated carbocycles. The third-order valence-corrected chi connectivity index (χ3v) is 4.44. The Morgan fingerprint density at radius 2 is 2.07 bits per heavy atom. The van der Waals surface area contributed by atoms with Crippen molar-refractivity contribution in [2.24, 2.45) is 5.92 Å². The highest BCUT2D eigenvalue weighted by Gasteiger charge is 2.16. The van der Waals surface area contributed by atoms with Gasteiger partial charge in [-0.2, -0.15) is 8.78 Å².